The number of hydrogen-bond donors (Lipinski definition) is 0. The van der Waals surface area contributed by atoms with Gasteiger partial charge in [-0.2, -0.15) is 13.2 Å². The monoisotopic (exact) mass is 313 g/mol. The number of carbonyl (C=O) groups excluding carboxylic acids is 1. The van der Waals surface area contributed by atoms with Gasteiger partial charge in [-0.05, 0) is 32.2 Å². The summed E-state index contributed by atoms with van der Waals surface area (Å²) < 4.78 is 36.8. The number of rotatable bonds is 4. The fraction of sp³-hybridized carbons (Fsp3) is 0.417. The lowest BCUT2D eigenvalue weighted by Gasteiger charge is -2.24. The van der Waals surface area contributed by atoms with Crippen molar-refractivity contribution in [2.24, 2.45) is 0 Å². The van der Waals surface area contributed by atoms with Crippen LogP contribution in [0.15, 0.2) is 18.2 Å². The number of benzene rings is 1. The SMILES string of the molecule is CC(C(=O)c1ccc(Cl)cc1Cl)N(C)CC(F)(F)F. The van der Waals surface area contributed by atoms with Crippen LogP contribution in [-0.2, 0) is 0 Å². The van der Waals surface area contributed by atoms with E-state index in [1.54, 1.807) is 0 Å². The molecule has 1 atom stereocenters. The number of halogens is 5. The summed E-state index contributed by atoms with van der Waals surface area (Å²) in [5, 5.41) is 0.489. The van der Waals surface area contributed by atoms with E-state index in [4.69, 9.17) is 23.2 Å². The van der Waals surface area contributed by atoms with Crippen molar-refractivity contribution in [2.75, 3.05) is 13.6 Å². The predicted octanol–water partition coefficient (Wildman–Crippen LogP) is 4.06. The average Bonchev–Trinajstić information content (AvgIpc) is 2.24. The molecule has 0 fully saturated rings. The molecular weight excluding hydrogens is 302 g/mol. The zero-order valence-corrected chi connectivity index (χ0v) is 11.8. The molecule has 0 N–H and O–H groups in total. The van der Waals surface area contributed by atoms with Crippen LogP contribution in [0.5, 0.6) is 0 Å². The van der Waals surface area contributed by atoms with Crippen molar-refractivity contribution >= 4 is 29.0 Å². The van der Waals surface area contributed by atoms with Gasteiger partial charge in [-0.15, -0.1) is 0 Å². The molecule has 7 heteroatoms. The van der Waals surface area contributed by atoms with Crippen LogP contribution in [0.2, 0.25) is 10.0 Å². The van der Waals surface area contributed by atoms with E-state index in [0.717, 1.165) is 4.90 Å². The third kappa shape index (κ3) is 4.67. The van der Waals surface area contributed by atoms with Crippen molar-refractivity contribution in [1.82, 2.24) is 4.90 Å². The Morgan fingerprint density at radius 3 is 2.42 bits per heavy atom. The first kappa shape index (κ1) is 16.3. The van der Waals surface area contributed by atoms with E-state index in [2.05, 4.69) is 0 Å². The summed E-state index contributed by atoms with van der Waals surface area (Å²) in [5.74, 6) is -0.478. The first-order chi connectivity index (χ1) is 8.61. The first-order valence-corrected chi connectivity index (χ1v) is 6.13. The Bertz CT molecular complexity index is 477. The van der Waals surface area contributed by atoms with Gasteiger partial charge in [-0.1, -0.05) is 23.2 Å². The van der Waals surface area contributed by atoms with Crippen LogP contribution in [0.1, 0.15) is 17.3 Å². The normalized spacial score (nSPS) is 13.7. The lowest BCUT2D eigenvalue weighted by Crippen LogP contribution is -2.41. The van der Waals surface area contributed by atoms with E-state index in [9.17, 15) is 18.0 Å². The van der Waals surface area contributed by atoms with E-state index in [1.165, 1.54) is 32.2 Å². The van der Waals surface area contributed by atoms with Gasteiger partial charge in [0.2, 0.25) is 0 Å². The maximum Gasteiger partial charge on any atom is 0.401 e. The molecule has 0 amide bonds. The van der Waals surface area contributed by atoms with Crippen molar-refractivity contribution < 1.29 is 18.0 Å². The Hall–Kier alpha value is -0.780. The summed E-state index contributed by atoms with van der Waals surface area (Å²) in [7, 11) is 1.24. The summed E-state index contributed by atoms with van der Waals surface area (Å²) >= 11 is 11.6. The highest BCUT2D eigenvalue weighted by atomic mass is 35.5. The fourth-order valence-corrected chi connectivity index (χ4v) is 2.04. The molecule has 1 aromatic rings. The van der Waals surface area contributed by atoms with Gasteiger partial charge in [0.15, 0.2) is 5.78 Å². The van der Waals surface area contributed by atoms with Gasteiger partial charge in [0.25, 0.3) is 0 Å². The van der Waals surface area contributed by atoms with E-state index < -0.39 is 24.5 Å². The smallest absolute Gasteiger partial charge is 0.292 e. The van der Waals surface area contributed by atoms with Crippen LogP contribution in [0.3, 0.4) is 0 Å². The van der Waals surface area contributed by atoms with Crippen LogP contribution < -0.4 is 0 Å². The van der Waals surface area contributed by atoms with Crippen LogP contribution in [-0.4, -0.2) is 36.5 Å². The zero-order chi connectivity index (χ0) is 14.8. The van der Waals surface area contributed by atoms with E-state index in [-0.39, 0.29) is 10.6 Å². The van der Waals surface area contributed by atoms with Crippen LogP contribution in [0.25, 0.3) is 0 Å². The molecule has 0 aromatic heterocycles. The molecule has 1 rings (SSSR count). The van der Waals surface area contributed by atoms with Gasteiger partial charge >= 0.3 is 6.18 Å². The minimum Gasteiger partial charge on any atom is -0.292 e. The maximum absolute atomic E-state index is 12.3. The van der Waals surface area contributed by atoms with Gasteiger partial charge in [0.1, 0.15) is 0 Å². The van der Waals surface area contributed by atoms with Crippen LogP contribution in [0.4, 0.5) is 13.2 Å². The highest BCUT2D eigenvalue weighted by molar-refractivity contribution is 6.37. The molecule has 0 saturated heterocycles. The minimum atomic E-state index is -4.35. The second-order valence-corrected chi connectivity index (χ2v) is 5.04. The molecule has 0 aliphatic heterocycles. The molecule has 0 aliphatic carbocycles. The molecule has 0 bridgehead atoms. The summed E-state index contributed by atoms with van der Waals surface area (Å²) in [5.41, 5.74) is 0.160. The summed E-state index contributed by atoms with van der Waals surface area (Å²) in [6, 6.07) is 3.33. The Morgan fingerprint density at radius 2 is 1.95 bits per heavy atom. The average molecular weight is 314 g/mol. The number of hydrogen-bond acceptors (Lipinski definition) is 2. The number of likely N-dealkylation sites (N-methyl/N-ethyl adjacent to an activating group) is 1. The largest absolute Gasteiger partial charge is 0.401 e. The summed E-state index contributed by atoms with van der Waals surface area (Å²) in [6.07, 6.45) is -4.35. The molecular formula is C12H12Cl2F3NO. The number of ketones is 1. The van der Waals surface area contributed by atoms with Crippen LogP contribution >= 0.6 is 23.2 Å². The van der Waals surface area contributed by atoms with Crippen molar-refractivity contribution in [1.29, 1.82) is 0 Å². The molecule has 0 radical (unpaired) electrons. The Kier molecular flexibility index (Phi) is 5.24. The van der Waals surface area contributed by atoms with Gasteiger partial charge in [-0.25, -0.2) is 0 Å². The molecule has 0 spiro atoms. The second-order valence-electron chi connectivity index (χ2n) is 4.19. The Labute approximate surface area is 119 Å². The molecule has 0 aliphatic rings. The predicted molar refractivity (Wildman–Crippen MR) is 68.9 cm³/mol. The third-order valence-corrected chi connectivity index (χ3v) is 3.21. The standard InChI is InChI=1S/C12H12Cl2F3NO/c1-7(18(2)6-12(15,16)17)11(19)9-4-3-8(13)5-10(9)14/h3-5,7H,6H2,1-2H3. The molecule has 1 aromatic carbocycles. The third-order valence-electron chi connectivity index (χ3n) is 2.67. The zero-order valence-electron chi connectivity index (χ0n) is 10.3. The van der Waals surface area contributed by atoms with Gasteiger partial charge in [0, 0.05) is 10.6 Å². The number of Topliss-reactive ketones (excluding diaryl/α,β-unsaturated/α-hetero) is 1. The Balaban J connectivity index is 2.87. The van der Waals surface area contributed by atoms with Crippen molar-refractivity contribution in [3.05, 3.63) is 33.8 Å². The molecule has 2 nitrogen and oxygen atoms in total. The van der Waals surface area contributed by atoms with Crippen LogP contribution in [0, 0.1) is 0 Å². The molecule has 0 saturated carbocycles. The van der Waals surface area contributed by atoms with Gasteiger partial charge in [0.05, 0.1) is 17.6 Å². The molecule has 106 valence electrons. The topological polar surface area (TPSA) is 20.3 Å². The van der Waals surface area contributed by atoms with Crippen molar-refractivity contribution in [3.63, 3.8) is 0 Å². The second kappa shape index (κ2) is 6.11. The number of alkyl halides is 3. The first-order valence-electron chi connectivity index (χ1n) is 5.38. The van der Waals surface area contributed by atoms with Crippen molar-refractivity contribution in [2.45, 2.75) is 19.1 Å². The van der Waals surface area contributed by atoms with Crippen molar-refractivity contribution in [3.8, 4) is 0 Å². The lowest BCUT2D eigenvalue weighted by molar-refractivity contribution is -0.145. The van der Waals surface area contributed by atoms with Gasteiger partial charge < -0.3 is 0 Å². The van der Waals surface area contributed by atoms with E-state index in [1.807, 2.05) is 0 Å². The highest BCUT2D eigenvalue weighted by Crippen LogP contribution is 2.24. The fourth-order valence-electron chi connectivity index (χ4n) is 1.53. The minimum absolute atomic E-state index is 0.129. The van der Waals surface area contributed by atoms with E-state index in [0.29, 0.717) is 5.02 Å². The van der Waals surface area contributed by atoms with Gasteiger partial charge in [-0.3, -0.25) is 9.69 Å². The number of carbonyl (C=O) groups is 1. The van der Waals surface area contributed by atoms with E-state index >= 15 is 0 Å². The highest BCUT2D eigenvalue weighted by Gasteiger charge is 2.33. The molecule has 0 heterocycles. The molecule has 1 unspecified atom stereocenters. The number of nitrogens with zero attached hydrogens (tertiary/aromatic N) is 1. The maximum atomic E-state index is 12.3. The molecule has 19 heavy (non-hydrogen) atoms. The summed E-state index contributed by atoms with van der Waals surface area (Å²) in [6.45, 7) is 0.240. The summed E-state index contributed by atoms with van der Waals surface area (Å²) in [4.78, 5) is 13.0. The quantitative estimate of drug-likeness (QED) is 0.781. The Morgan fingerprint density at radius 1 is 1.37 bits per heavy atom. The lowest BCUT2D eigenvalue weighted by atomic mass is 10.0.